The number of nitrogens with one attached hydrogen (secondary N) is 2. The first kappa shape index (κ1) is 25.9. The van der Waals surface area contributed by atoms with Crippen LogP contribution < -0.4 is 10.6 Å². The van der Waals surface area contributed by atoms with E-state index in [-0.39, 0.29) is 24.0 Å². The quantitative estimate of drug-likeness (QED) is 0.270. The summed E-state index contributed by atoms with van der Waals surface area (Å²) in [5.74, 6) is 1.85. The molecule has 1 saturated heterocycles. The van der Waals surface area contributed by atoms with Crippen molar-refractivity contribution in [2.45, 2.75) is 65.8 Å². The summed E-state index contributed by atoms with van der Waals surface area (Å²) < 4.78 is 0. The second kappa shape index (κ2) is 15.9. The summed E-state index contributed by atoms with van der Waals surface area (Å²) in [4.78, 5) is 9.74. The van der Waals surface area contributed by atoms with Gasteiger partial charge in [-0.15, -0.1) is 24.0 Å². The van der Waals surface area contributed by atoms with Crippen molar-refractivity contribution in [1.29, 1.82) is 0 Å². The average molecular weight is 482 g/mol. The highest BCUT2D eigenvalue weighted by Gasteiger charge is 2.16. The fraction of sp³-hybridized carbons (Fsp3) is 0.950. The van der Waals surface area contributed by atoms with E-state index in [1.807, 2.05) is 0 Å². The zero-order valence-electron chi connectivity index (χ0n) is 17.9. The third-order valence-electron chi connectivity index (χ3n) is 5.38. The lowest BCUT2D eigenvalue weighted by molar-refractivity contribution is 0.214. The monoisotopic (exact) mass is 481 g/mol. The van der Waals surface area contributed by atoms with Crippen LogP contribution in [-0.4, -0.2) is 74.7 Å². The van der Waals surface area contributed by atoms with Gasteiger partial charge in [0.15, 0.2) is 5.96 Å². The van der Waals surface area contributed by atoms with Crippen molar-refractivity contribution in [3.8, 4) is 0 Å². The fourth-order valence-corrected chi connectivity index (χ4v) is 3.50. The highest BCUT2D eigenvalue weighted by Crippen LogP contribution is 2.19. The molecule has 1 aliphatic heterocycles. The zero-order valence-corrected chi connectivity index (χ0v) is 20.2. The van der Waals surface area contributed by atoms with Crippen LogP contribution in [0.1, 0.15) is 59.8 Å². The van der Waals surface area contributed by atoms with Gasteiger partial charge in [0.2, 0.25) is 0 Å². The van der Waals surface area contributed by atoms with Crippen LogP contribution in [0.5, 0.6) is 0 Å². The standard InChI is InChI=1S/C20H43N5.HI/c1-6-21-20(22-14-11-19-12-16-24(5)17-13-19)23-18(4)10-9-15-25(7-2)8-3;/h18-19H,6-17H2,1-5H3,(H2,21,22,23);1H. The highest BCUT2D eigenvalue weighted by molar-refractivity contribution is 14.0. The van der Waals surface area contributed by atoms with Gasteiger partial charge in [0, 0.05) is 19.1 Å². The number of halogens is 1. The smallest absolute Gasteiger partial charge is 0.191 e. The molecule has 0 amide bonds. The van der Waals surface area contributed by atoms with E-state index < -0.39 is 0 Å². The molecule has 156 valence electrons. The van der Waals surface area contributed by atoms with Gasteiger partial charge in [-0.1, -0.05) is 13.8 Å². The van der Waals surface area contributed by atoms with Crippen LogP contribution >= 0.6 is 24.0 Å². The summed E-state index contributed by atoms with van der Waals surface area (Å²) >= 11 is 0. The van der Waals surface area contributed by atoms with Gasteiger partial charge in [-0.2, -0.15) is 0 Å². The third-order valence-corrected chi connectivity index (χ3v) is 5.38. The maximum Gasteiger partial charge on any atom is 0.191 e. The van der Waals surface area contributed by atoms with Crippen molar-refractivity contribution in [3.63, 3.8) is 0 Å². The Morgan fingerprint density at radius 1 is 1.19 bits per heavy atom. The van der Waals surface area contributed by atoms with Crippen LogP contribution in [0.2, 0.25) is 0 Å². The van der Waals surface area contributed by atoms with Crippen LogP contribution in [-0.2, 0) is 0 Å². The molecule has 0 aliphatic carbocycles. The summed E-state index contributed by atoms with van der Waals surface area (Å²) in [7, 11) is 2.23. The number of likely N-dealkylation sites (tertiary alicyclic amines) is 1. The molecule has 0 aromatic heterocycles. The zero-order chi connectivity index (χ0) is 18.5. The molecule has 2 N–H and O–H groups in total. The van der Waals surface area contributed by atoms with E-state index in [1.165, 1.54) is 51.7 Å². The van der Waals surface area contributed by atoms with E-state index >= 15 is 0 Å². The maximum absolute atomic E-state index is 4.81. The fourth-order valence-electron chi connectivity index (χ4n) is 3.50. The summed E-state index contributed by atoms with van der Waals surface area (Å²) in [6.45, 7) is 16.7. The Kier molecular flexibility index (Phi) is 15.9. The van der Waals surface area contributed by atoms with Gasteiger partial charge in [-0.3, -0.25) is 4.99 Å². The predicted octanol–water partition coefficient (Wildman–Crippen LogP) is 3.40. The number of hydrogen-bond acceptors (Lipinski definition) is 3. The van der Waals surface area contributed by atoms with Crippen molar-refractivity contribution in [2.75, 3.05) is 52.9 Å². The van der Waals surface area contributed by atoms with E-state index in [9.17, 15) is 0 Å². The van der Waals surface area contributed by atoms with Gasteiger partial charge in [-0.25, -0.2) is 0 Å². The molecular weight excluding hydrogens is 437 g/mol. The minimum Gasteiger partial charge on any atom is -0.357 e. The molecule has 5 nitrogen and oxygen atoms in total. The molecule has 1 rings (SSSR count). The first-order valence-corrected chi connectivity index (χ1v) is 10.5. The maximum atomic E-state index is 4.81. The molecule has 1 heterocycles. The van der Waals surface area contributed by atoms with E-state index in [0.717, 1.165) is 38.1 Å². The summed E-state index contributed by atoms with van der Waals surface area (Å²) in [5.41, 5.74) is 0. The molecule has 26 heavy (non-hydrogen) atoms. The van der Waals surface area contributed by atoms with E-state index in [4.69, 9.17) is 4.99 Å². The molecule has 0 bridgehead atoms. The topological polar surface area (TPSA) is 42.9 Å². The number of hydrogen-bond donors (Lipinski definition) is 2. The second-order valence-electron chi connectivity index (χ2n) is 7.51. The Labute approximate surface area is 179 Å². The van der Waals surface area contributed by atoms with Gasteiger partial charge in [0.1, 0.15) is 0 Å². The normalized spacial score (nSPS) is 17.8. The van der Waals surface area contributed by atoms with Crippen molar-refractivity contribution < 1.29 is 0 Å². The first-order valence-electron chi connectivity index (χ1n) is 10.5. The lowest BCUT2D eigenvalue weighted by Crippen LogP contribution is -2.42. The van der Waals surface area contributed by atoms with Gasteiger partial charge in [0.05, 0.1) is 0 Å². The summed E-state index contributed by atoms with van der Waals surface area (Å²) in [6, 6.07) is 0.469. The van der Waals surface area contributed by atoms with Crippen molar-refractivity contribution in [3.05, 3.63) is 0 Å². The van der Waals surface area contributed by atoms with E-state index in [1.54, 1.807) is 0 Å². The first-order chi connectivity index (χ1) is 12.1. The van der Waals surface area contributed by atoms with E-state index in [0.29, 0.717) is 6.04 Å². The van der Waals surface area contributed by atoms with Crippen molar-refractivity contribution in [1.82, 2.24) is 20.4 Å². The van der Waals surface area contributed by atoms with Crippen LogP contribution in [0.15, 0.2) is 4.99 Å². The van der Waals surface area contributed by atoms with Crippen LogP contribution in [0.3, 0.4) is 0 Å². The molecule has 6 heteroatoms. The predicted molar refractivity (Wildman–Crippen MR) is 126 cm³/mol. The minimum atomic E-state index is 0. The van der Waals surface area contributed by atoms with Crippen LogP contribution in [0.4, 0.5) is 0 Å². The number of nitrogens with zero attached hydrogens (tertiary/aromatic N) is 3. The van der Waals surface area contributed by atoms with Gasteiger partial charge < -0.3 is 20.4 Å². The molecule has 0 aromatic rings. The van der Waals surface area contributed by atoms with Gasteiger partial charge in [-0.05, 0) is 91.6 Å². The average Bonchev–Trinajstić information content (AvgIpc) is 2.60. The molecule has 1 aliphatic rings. The molecular formula is C20H44IN5. The second-order valence-corrected chi connectivity index (χ2v) is 7.51. The summed E-state index contributed by atoms with van der Waals surface area (Å²) in [5, 5.41) is 6.98. The Balaban J connectivity index is 0.00000625. The highest BCUT2D eigenvalue weighted by atomic mass is 127. The van der Waals surface area contributed by atoms with Crippen molar-refractivity contribution in [2.24, 2.45) is 10.9 Å². The number of piperidine rings is 1. The Morgan fingerprint density at radius 2 is 1.85 bits per heavy atom. The lowest BCUT2D eigenvalue weighted by Gasteiger charge is -2.28. The van der Waals surface area contributed by atoms with Crippen molar-refractivity contribution >= 4 is 29.9 Å². The molecule has 0 saturated carbocycles. The molecule has 1 unspecified atom stereocenters. The van der Waals surface area contributed by atoms with Crippen LogP contribution in [0.25, 0.3) is 0 Å². The Bertz CT molecular complexity index is 352. The molecule has 1 atom stereocenters. The van der Waals surface area contributed by atoms with Gasteiger partial charge in [0.25, 0.3) is 0 Å². The minimum absolute atomic E-state index is 0. The molecule has 1 fully saturated rings. The molecule has 0 spiro atoms. The molecule has 0 aromatic carbocycles. The SMILES string of the molecule is CCNC(=NCCC1CCN(C)CC1)NC(C)CCCN(CC)CC.I. The molecule has 0 radical (unpaired) electrons. The number of guanidine groups is 1. The Hall–Kier alpha value is -0.0800. The number of aliphatic imine (C=N–C) groups is 1. The largest absolute Gasteiger partial charge is 0.357 e. The Morgan fingerprint density at radius 3 is 2.42 bits per heavy atom. The third kappa shape index (κ3) is 11.6. The summed E-state index contributed by atoms with van der Waals surface area (Å²) in [6.07, 6.45) is 6.32. The van der Waals surface area contributed by atoms with E-state index in [2.05, 4.69) is 55.2 Å². The van der Waals surface area contributed by atoms with Crippen LogP contribution in [0, 0.1) is 5.92 Å². The number of rotatable bonds is 11. The lowest BCUT2D eigenvalue weighted by atomic mass is 9.94. The van der Waals surface area contributed by atoms with Gasteiger partial charge >= 0.3 is 0 Å².